The number of carbonyl (C=O) groups is 2. The summed E-state index contributed by atoms with van der Waals surface area (Å²) in [4.78, 5) is 25.4. The van der Waals surface area contributed by atoms with Crippen LogP contribution in [0, 0.1) is 5.92 Å². The third-order valence-corrected chi connectivity index (χ3v) is 6.84. The van der Waals surface area contributed by atoms with Crippen molar-refractivity contribution in [3.63, 3.8) is 0 Å². The number of carbonyl (C=O) groups excluding carboxylic acids is 2. The average Bonchev–Trinajstić information content (AvgIpc) is 2.89. The maximum Gasteiger partial charge on any atom is 0.243 e. The zero-order chi connectivity index (χ0) is 18.2. The van der Waals surface area contributed by atoms with Crippen LogP contribution >= 0.6 is 0 Å². The standard InChI is InChI=1S/C17H23N3O4S/c1-3-18-17(22)12-6-8-20(9-7-12)25(23,24)14-4-5-15-13(10-14)11-16(21)19(15)2/h4-5,10,12H,3,6-9,11H2,1-2H3,(H,18,22). The number of piperidine rings is 1. The van der Waals surface area contributed by atoms with Gasteiger partial charge in [-0.2, -0.15) is 4.31 Å². The molecule has 0 aromatic heterocycles. The van der Waals surface area contributed by atoms with E-state index in [9.17, 15) is 18.0 Å². The lowest BCUT2D eigenvalue weighted by atomic mass is 9.97. The Morgan fingerprint density at radius 1 is 1.28 bits per heavy atom. The largest absolute Gasteiger partial charge is 0.356 e. The highest BCUT2D eigenvalue weighted by atomic mass is 32.2. The van der Waals surface area contributed by atoms with Gasteiger partial charge in [-0.3, -0.25) is 9.59 Å². The van der Waals surface area contributed by atoms with Crippen LogP contribution in [0.5, 0.6) is 0 Å². The van der Waals surface area contributed by atoms with Crippen molar-refractivity contribution in [3.8, 4) is 0 Å². The molecule has 8 heteroatoms. The van der Waals surface area contributed by atoms with E-state index >= 15 is 0 Å². The number of likely N-dealkylation sites (N-methyl/N-ethyl adjacent to an activating group) is 1. The Morgan fingerprint density at radius 2 is 1.96 bits per heavy atom. The van der Waals surface area contributed by atoms with E-state index in [0.29, 0.717) is 32.5 Å². The van der Waals surface area contributed by atoms with Crippen LogP contribution in [-0.2, 0) is 26.0 Å². The first-order chi connectivity index (χ1) is 11.8. The molecule has 0 radical (unpaired) electrons. The number of rotatable bonds is 4. The van der Waals surface area contributed by atoms with Crippen molar-refractivity contribution in [2.24, 2.45) is 5.92 Å². The van der Waals surface area contributed by atoms with Crippen LogP contribution in [-0.4, -0.2) is 51.2 Å². The summed E-state index contributed by atoms with van der Waals surface area (Å²) in [6.45, 7) is 3.12. The lowest BCUT2D eigenvalue weighted by molar-refractivity contribution is -0.126. The maximum atomic E-state index is 12.9. The number of nitrogens with zero attached hydrogens (tertiary/aromatic N) is 2. The molecule has 0 spiro atoms. The Labute approximate surface area is 148 Å². The Morgan fingerprint density at radius 3 is 2.60 bits per heavy atom. The van der Waals surface area contributed by atoms with Gasteiger partial charge in [0.15, 0.2) is 0 Å². The molecule has 136 valence electrons. The summed E-state index contributed by atoms with van der Waals surface area (Å²) in [5.74, 6) is -0.163. The minimum absolute atomic E-state index is 0.00127. The zero-order valence-electron chi connectivity index (χ0n) is 14.5. The van der Waals surface area contributed by atoms with Gasteiger partial charge in [-0.1, -0.05) is 0 Å². The van der Waals surface area contributed by atoms with E-state index in [1.165, 1.54) is 4.31 Å². The van der Waals surface area contributed by atoms with Crippen molar-refractivity contribution < 1.29 is 18.0 Å². The van der Waals surface area contributed by atoms with Gasteiger partial charge in [0, 0.05) is 38.3 Å². The van der Waals surface area contributed by atoms with Crippen LogP contribution in [0.3, 0.4) is 0 Å². The van der Waals surface area contributed by atoms with Crippen LogP contribution in [0.1, 0.15) is 25.3 Å². The predicted molar refractivity (Wildman–Crippen MR) is 93.7 cm³/mol. The smallest absolute Gasteiger partial charge is 0.243 e. The molecule has 25 heavy (non-hydrogen) atoms. The maximum absolute atomic E-state index is 12.9. The molecule has 7 nitrogen and oxygen atoms in total. The minimum Gasteiger partial charge on any atom is -0.356 e. The van der Waals surface area contributed by atoms with Gasteiger partial charge in [-0.15, -0.1) is 0 Å². The fourth-order valence-electron chi connectivity index (χ4n) is 3.43. The fourth-order valence-corrected chi connectivity index (χ4v) is 4.95. The third kappa shape index (κ3) is 3.28. The molecular formula is C17H23N3O4S. The molecule has 1 saturated heterocycles. The van der Waals surface area contributed by atoms with E-state index in [2.05, 4.69) is 5.32 Å². The van der Waals surface area contributed by atoms with Gasteiger partial charge in [0.25, 0.3) is 0 Å². The Bertz CT molecular complexity index is 798. The number of anilines is 1. The number of nitrogens with one attached hydrogen (secondary N) is 1. The first kappa shape index (κ1) is 17.9. The molecule has 1 fully saturated rings. The quantitative estimate of drug-likeness (QED) is 0.853. The Hall–Kier alpha value is -1.93. The van der Waals surface area contributed by atoms with Crippen molar-refractivity contribution >= 4 is 27.5 Å². The molecule has 3 rings (SSSR count). The van der Waals surface area contributed by atoms with Crippen molar-refractivity contribution in [1.82, 2.24) is 9.62 Å². The number of sulfonamides is 1. The lowest BCUT2D eigenvalue weighted by Gasteiger charge is -2.30. The van der Waals surface area contributed by atoms with Crippen LogP contribution < -0.4 is 10.2 Å². The van der Waals surface area contributed by atoms with Crippen molar-refractivity contribution in [2.45, 2.75) is 31.1 Å². The molecule has 0 bridgehead atoms. The van der Waals surface area contributed by atoms with E-state index in [1.54, 1.807) is 30.1 Å². The summed E-state index contributed by atoms with van der Waals surface area (Å²) in [5, 5.41) is 2.79. The topological polar surface area (TPSA) is 86.8 Å². The lowest BCUT2D eigenvalue weighted by Crippen LogP contribution is -2.42. The van der Waals surface area contributed by atoms with Gasteiger partial charge in [0.05, 0.1) is 11.3 Å². The van der Waals surface area contributed by atoms with Gasteiger partial charge in [0.1, 0.15) is 0 Å². The molecule has 2 amide bonds. The highest BCUT2D eigenvalue weighted by Gasteiger charge is 2.33. The molecule has 2 aliphatic rings. The highest BCUT2D eigenvalue weighted by molar-refractivity contribution is 7.89. The van der Waals surface area contributed by atoms with Gasteiger partial charge in [-0.05, 0) is 43.5 Å². The predicted octanol–water partition coefficient (Wildman–Crippen LogP) is 0.742. The van der Waals surface area contributed by atoms with E-state index < -0.39 is 10.0 Å². The molecule has 0 atom stereocenters. The van der Waals surface area contributed by atoms with Crippen LogP contribution in [0.4, 0.5) is 5.69 Å². The van der Waals surface area contributed by atoms with Gasteiger partial charge >= 0.3 is 0 Å². The first-order valence-corrected chi connectivity index (χ1v) is 9.96. The van der Waals surface area contributed by atoms with Gasteiger partial charge in [-0.25, -0.2) is 8.42 Å². The second-order valence-electron chi connectivity index (χ2n) is 6.49. The molecule has 2 aliphatic heterocycles. The van der Waals surface area contributed by atoms with E-state index in [-0.39, 0.29) is 29.0 Å². The number of benzene rings is 1. The van der Waals surface area contributed by atoms with Gasteiger partial charge < -0.3 is 10.2 Å². The molecule has 0 saturated carbocycles. The van der Waals surface area contributed by atoms with E-state index in [1.807, 2.05) is 6.92 Å². The van der Waals surface area contributed by atoms with Crippen molar-refractivity contribution in [3.05, 3.63) is 23.8 Å². The van der Waals surface area contributed by atoms with Crippen molar-refractivity contribution in [2.75, 3.05) is 31.6 Å². The summed E-state index contributed by atoms with van der Waals surface area (Å²) < 4.78 is 27.2. The van der Waals surface area contributed by atoms with Crippen molar-refractivity contribution in [1.29, 1.82) is 0 Å². The minimum atomic E-state index is -3.61. The summed E-state index contributed by atoms with van der Waals surface area (Å²) in [5.41, 5.74) is 1.50. The van der Waals surface area contributed by atoms with E-state index in [0.717, 1.165) is 11.3 Å². The second kappa shape index (κ2) is 6.76. The normalized spacial score (nSPS) is 19.1. The Kier molecular flexibility index (Phi) is 4.83. The second-order valence-corrected chi connectivity index (χ2v) is 8.43. The summed E-state index contributed by atoms with van der Waals surface area (Å²) in [6.07, 6.45) is 1.28. The molecule has 2 heterocycles. The SMILES string of the molecule is CCNC(=O)C1CCN(S(=O)(=O)c2ccc3c(c2)CC(=O)N3C)CC1. The first-order valence-electron chi connectivity index (χ1n) is 8.52. The van der Waals surface area contributed by atoms with Crippen LogP contribution in [0.15, 0.2) is 23.1 Å². The Balaban J connectivity index is 1.74. The van der Waals surface area contributed by atoms with Crippen LogP contribution in [0.25, 0.3) is 0 Å². The van der Waals surface area contributed by atoms with Crippen LogP contribution in [0.2, 0.25) is 0 Å². The highest BCUT2D eigenvalue weighted by Crippen LogP contribution is 2.31. The third-order valence-electron chi connectivity index (χ3n) is 4.94. The van der Waals surface area contributed by atoms with Gasteiger partial charge in [0.2, 0.25) is 21.8 Å². The molecule has 0 unspecified atom stereocenters. The molecule has 1 aromatic rings. The summed E-state index contributed by atoms with van der Waals surface area (Å²) >= 11 is 0. The monoisotopic (exact) mass is 365 g/mol. The average molecular weight is 365 g/mol. The number of amides is 2. The molecule has 0 aliphatic carbocycles. The van der Waals surface area contributed by atoms with E-state index in [4.69, 9.17) is 0 Å². The number of hydrogen-bond acceptors (Lipinski definition) is 4. The number of hydrogen-bond donors (Lipinski definition) is 1. The molecule has 1 aromatic carbocycles. The molecule has 1 N–H and O–H groups in total. The number of fused-ring (bicyclic) bond motifs is 1. The summed E-state index contributed by atoms with van der Waals surface area (Å²) in [6, 6.07) is 4.84. The molecular weight excluding hydrogens is 342 g/mol. The fraction of sp³-hybridized carbons (Fsp3) is 0.529. The zero-order valence-corrected chi connectivity index (χ0v) is 15.3. The summed E-state index contributed by atoms with van der Waals surface area (Å²) in [7, 11) is -1.92.